The number of hydrogen-bond donors (Lipinski definition) is 0. The SMILES string of the molecule is Cc1cccc(-n2c(/C=C/c3ccc(N(C)C)cc3)nc3ccc(Br)cc3c2=O)c1. The van der Waals surface area contributed by atoms with Crippen molar-refractivity contribution in [2.45, 2.75) is 6.92 Å². The Labute approximate surface area is 184 Å². The van der Waals surface area contributed by atoms with Crippen LogP contribution in [0, 0.1) is 6.92 Å². The molecule has 0 unspecified atom stereocenters. The Balaban J connectivity index is 1.88. The molecule has 0 radical (unpaired) electrons. The van der Waals surface area contributed by atoms with Gasteiger partial charge in [-0.1, -0.05) is 46.3 Å². The summed E-state index contributed by atoms with van der Waals surface area (Å²) < 4.78 is 2.53. The number of aromatic nitrogens is 2. The van der Waals surface area contributed by atoms with Gasteiger partial charge in [0.2, 0.25) is 0 Å². The second-order valence-corrected chi connectivity index (χ2v) is 8.35. The van der Waals surface area contributed by atoms with Gasteiger partial charge in [-0.3, -0.25) is 9.36 Å². The van der Waals surface area contributed by atoms with Crippen molar-refractivity contribution in [3.05, 3.63) is 98.5 Å². The van der Waals surface area contributed by atoms with Gasteiger partial charge in [-0.15, -0.1) is 0 Å². The molecule has 0 fully saturated rings. The highest BCUT2D eigenvalue weighted by molar-refractivity contribution is 9.10. The summed E-state index contributed by atoms with van der Waals surface area (Å²) in [7, 11) is 4.03. The highest BCUT2D eigenvalue weighted by atomic mass is 79.9. The molecule has 0 amide bonds. The Morgan fingerprint density at radius 1 is 0.967 bits per heavy atom. The fraction of sp³-hybridized carbons (Fsp3) is 0.120. The largest absolute Gasteiger partial charge is 0.378 e. The van der Waals surface area contributed by atoms with Crippen LogP contribution >= 0.6 is 15.9 Å². The predicted molar refractivity (Wildman–Crippen MR) is 129 cm³/mol. The van der Waals surface area contributed by atoms with Gasteiger partial charge in [0, 0.05) is 24.3 Å². The van der Waals surface area contributed by atoms with Crippen molar-refractivity contribution in [3.8, 4) is 5.69 Å². The first kappa shape index (κ1) is 20.1. The molecule has 0 N–H and O–H groups in total. The Hall–Kier alpha value is -3.18. The number of fused-ring (bicyclic) bond motifs is 1. The monoisotopic (exact) mass is 459 g/mol. The van der Waals surface area contributed by atoms with Crippen molar-refractivity contribution < 1.29 is 0 Å². The van der Waals surface area contributed by atoms with Crippen LogP contribution in [0.1, 0.15) is 17.0 Å². The van der Waals surface area contributed by atoms with Gasteiger partial charge in [0.1, 0.15) is 5.82 Å². The van der Waals surface area contributed by atoms with Crippen molar-refractivity contribution in [1.82, 2.24) is 9.55 Å². The molecule has 4 rings (SSSR count). The molecule has 4 nitrogen and oxygen atoms in total. The number of benzene rings is 3. The van der Waals surface area contributed by atoms with Gasteiger partial charge < -0.3 is 4.90 Å². The Kier molecular flexibility index (Phi) is 5.55. The fourth-order valence-corrected chi connectivity index (χ4v) is 3.72. The number of hydrogen-bond acceptors (Lipinski definition) is 3. The minimum Gasteiger partial charge on any atom is -0.378 e. The first-order chi connectivity index (χ1) is 14.4. The third-order valence-corrected chi connectivity index (χ3v) is 5.44. The molecule has 0 bridgehead atoms. The first-order valence-corrected chi connectivity index (χ1v) is 10.5. The summed E-state index contributed by atoms with van der Waals surface area (Å²) in [6.45, 7) is 2.02. The van der Waals surface area contributed by atoms with E-state index in [1.807, 2.05) is 75.6 Å². The van der Waals surface area contributed by atoms with Crippen molar-refractivity contribution in [1.29, 1.82) is 0 Å². The van der Waals surface area contributed by atoms with Crippen LogP contribution in [-0.2, 0) is 0 Å². The molecule has 30 heavy (non-hydrogen) atoms. The van der Waals surface area contributed by atoms with E-state index in [0.717, 1.165) is 27.0 Å². The average molecular weight is 460 g/mol. The first-order valence-electron chi connectivity index (χ1n) is 9.67. The summed E-state index contributed by atoms with van der Waals surface area (Å²) in [4.78, 5) is 20.3. The fourth-order valence-electron chi connectivity index (χ4n) is 3.36. The van der Waals surface area contributed by atoms with Crippen LogP contribution in [0.2, 0.25) is 0 Å². The summed E-state index contributed by atoms with van der Waals surface area (Å²) in [6.07, 6.45) is 3.88. The summed E-state index contributed by atoms with van der Waals surface area (Å²) in [5.74, 6) is 0.595. The van der Waals surface area contributed by atoms with Crippen LogP contribution in [0.15, 0.2) is 76.0 Å². The zero-order valence-electron chi connectivity index (χ0n) is 17.1. The molecular weight excluding hydrogens is 438 g/mol. The van der Waals surface area contributed by atoms with Crippen molar-refractivity contribution >= 4 is 44.7 Å². The van der Waals surface area contributed by atoms with E-state index < -0.39 is 0 Å². The van der Waals surface area contributed by atoms with E-state index in [-0.39, 0.29) is 5.56 Å². The van der Waals surface area contributed by atoms with Gasteiger partial charge in [-0.05, 0) is 66.6 Å². The maximum absolute atomic E-state index is 13.4. The highest BCUT2D eigenvalue weighted by Gasteiger charge is 2.12. The Bertz CT molecular complexity index is 1300. The van der Waals surface area contributed by atoms with Crippen LogP contribution in [0.4, 0.5) is 5.69 Å². The zero-order valence-corrected chi connectivity index (χ0v) is 18.7. The van der Waals surface area contributed by atoms with Crippen LogP contribution in [0.5, 0.6) is 0 Å². The third kappa shape index (κ3) is 4.07. The molecule has 0 atom stereocenters. The summed E-state index contributed by atoms with van der Waals surface area (Å²) in [5.41, 5.74) is 4.66. The Morgan fingerprint density at radius 3 is 2.43 bits per heavy atom. The molecule has 150 valence electrons. The van der Waals surface area contributed by atoms with Crippen LogP contribution in [-0.4, -0.2) is 23.6 Å². The maximum Gasteiger partial charge on any atom is 0.266 e. The van der Waals surface area contributed by atoms with Gasteiger partial charge in [-0.2, -0.15) is 0 Å². The van der Waals surface area contributed by atoms with Crippen molar-refractivity contribution in [2.75, 3.05) is 19.0 Å². The number of anilines is 1. The summed E-state index contributed by atoms with van der Waals surface area (Å²) >= 11 is 3.46. The van der Waals surface area contributed by atoms with Crippen LogP contribution in [0.3, 0.4) is 0 Å². The second kappa shape index (κ2) is 8.28. The Morgan fingerprint density at radius 2 is 1.73 bits per heavy atom. The number of nitrogens with zero attached hydrogens (tertiary/aromatic N) is 3. The van der Waals surface area contributed by atoms with Crippen molar-refractivity contribution in [3.63, 3.8) is 0 Å². The molecule has 5 heteroatoms. The summed E-state index contributed by atoms with van der Waals surface area (Å²) in [5, 5.41) is 0.582. The topological polar surface area (TPSA) is 38.1 Å². The molecule has 0 aliphatic rings. The smallest absolute Gasteiger partial charge is 0.266 e. The predicted octanol–water partition coefficient (Wildman–Crippen LogP) is 5.69. The second-order valence-electron chi connectivity index (χ2n) is 7.43. The van der Waals surface area contributed by atoms with E-state index in [1.54, 1.807) is 4.57 Å². The van der Waals surface area contributed by atoms with E-state index in [2.05, 4.69) is 45.1 Å². The van der Waals surface area contributed by atoms with E-state index in [4.69, 9.17) is 4.98 Å². The molecule has 0 saturated heterocycles. The lowest BCUT2D eigenvalue weighted by Gasteiger charge is -2.13. The average Bonchev–Trinajstić information content (AvgIpc) is 2.73. The quantitative estimate of drug-likeness (QED) is 0.393. The number of aryl methyl sites for hydroxylation is 1. The standard InChI is InChI=1S/C25H22BrN3O/c1-17-5-4-6-21(15-17)29-24(14-9-18-7-11-20(12-8-18)28(2)3)27-23-13-10-19(26)16-22(23)25(29)30/h4-16H,1-3H3/b14-9+. The van der Waals surface area contributed by atoms with Gasteiger partial charge in [0.25, 0.3) is 5.56 Å². The normalized spacial score (nSPS) is 11.3. The zero-order chi connectivity index (χ0) is 21.3. The van der Waals surface area contributed by atoms with E-state index >= 15 is 0 Å². The maximum atomic E-state index is 13.4. The van der Waals surface area contributed by atoms with E-state index in [0.29, 0.717) is 16.7 Å². The summed E-state index contributed by atoms with van der Waals surface area (Å²) in [6, 6.07) is 21.7. The highest BCUT2D eigenvalue weighted by Crippen LogP contribution is 2.20. The molecule has 4 aromatic rings. The number of halogens is 1. The van der Waals surface area contributed by atoms with Gasteiger partial charge in [0.05, 0.1) is 16.6 Å². The molecule has 0 aliphatic heterocycles. The molecule has 3 aromatic carbocycles. The molecule has 0 spiro atoms. The minimum absolute atomic E-state index is 0.0884. The van der Waals surface area contributed by atoms with Gasteiger partial charge in [0.15, 0.2) is 0 Å². The number of rotatable bonds is 4. The third-order valence-electron chi connectivity index (χ3n) is 4.95. The minimum atomic E-state index is -0.0884. The molecular formula is C25H22BrN3O. The lowest BCUT2D eigenvalue weighted by Crippen LogP contribution is -2.22. The van der Waals surface area contributed by atoms with E-state index in [1.165, 1.54) is 0 Å². The molecule has 1 heterocycles. The molecule has 1 aromatic heterocycles. The lowest BCUT2D eigenvalue weighted by molar-refractivity contribution is 0.942. The van der Waals surface area contributed by atoms with Gasteiger partial charge in [-0.25, -0.2) is 4.98 Å². The molecule has 0 saturated carbocycles. The molecule has 0 aliphatic carbocycles. The van der Waals surface area contributed by atoms with Crippen LogP contribution < -0.4 is 10.5 Å². The van der Waals surface area contributed by atoms with Crippen molar-refractivity contribution in [2.24, 2.45) is 0 Å². The van der Waals surface area contributed by atoms with E-state index in [9.17, 15) is 4.79 Å². The lowest BCUT2D eigenvalue weighted by atomic mass is 10.1. The van der Waals surface area contributed by atoms with Crippen LogP contribution in [0.25, 0.3) is 28.7 Å². The van der Waals surface area contributed by atoms with Gasteiger partial charge >= 0.3 is 0 Å².